The number of nitrogens with one attached hydrogen (secondary N) is 1. The van der Waals surface area contributed by atoms with Gasteiger partial charge in [0.15, 0.2) is 0 Å². The molecule has 0 saturated carbocycles. The Bertz CT molecular complexity index is 444. The summed E-state index contributed by atoms with van der Waals surface area (Å²) < 4.78 is 0. The maximum absolute atomic E-state index is 9.50. The third kappa shape index (κ3) is 5.54. The summed E-state index contributed by atoms with van der Waals surface area (Å²) in [6.45, 7) is 7.75. The molecule has 0 radical (unpaired) electrons. The molecule has 1 aliphatic rings. The van der Waals surface area contributed by atoms with Crippen molar-refractivity contribution in [1.29, 1.82) is 0 Å². The van der Waals surface area contributed by atoms with E-state index in [2.05, 4.69) is 30.1 Å². The van der Waals surface area contributed by atoms with E-state index < -0.39 is 0 Å². The maximum Gasteiger partial charge on any atom is 0.0584 e. The summed E-state index contributed by atoms with van der Waals surface area (Å²) in [5, 5.41) is 14.0. The van der Waals surface area contributed by atoms with Crippen molar-refractivity contribution in [3.63, 3.8) is 0 Å². The van der Waals surface area contributed by atoms with Crippen molar-refractivity contribution in [2.75, 3.05) is 19.7 Å². The van der Waals surface area contributed by atoms with Gasteiger partial charge in [-0.3, -0.25) is 4.90 Å². The molecule has 1 atom stereocenters. The highest BCUT2D eigenvalue weighted by molar-refractivity contribution is 6.31. The zero-order chi connectivity index (χ0) is 15.9. The van der Waals surface area contributed by atoms with Crippen molar-refractivity contribution in [2.45, 2.75) is 51.7 Å². The highest BCUT2D eigenvalue weighted by atomic mass is 35.5. The number of halogens is 1. The van der Waals surface area contributed by atoms with Crippen molar-refractivity contribution >= 4 is 11.6 Å². The van der Waals surface area contributed by atoms with Crippen LogP contribution in [-0.2, 0) is 6.54 Å². The molecule has 0 amide bonds. The van der Waals surface area contributed by atoms with E-state index in [1.54, 1.807) is 0 Å². The number of aliphatic hydroxyl groups excluding tert-OH is 1. The fourth-order valence-corrected chi connectivity index (χ4v) is 3.42. The molecule has 4 heteroatoms. The second-order valence-electron chi connectivity index (χ2n) is 6.82. The third-order valence-electron chi connectivity index (χ3n) is 4.39. The Labute approximate surface area is 139 Å². The van der Waals surface area contributed by atoms with Crippen molar-refractivity contribution < 1.29 is 5.11 Å². The fraction of sp³-hybridized carbons (Fsp3) is 0.667. The van der Waals surface area contributed by atoms with Crippen molar-refractivity contribution in [1.82, 2.24) is 10.2 Å². The van der Waals surface area contributed by atoms with Gasteiger partial charge >= 0.3 is 0 Å². The third-order valence-corrected chi connectivity index (χ3v) is 4.76. The van der Waals surface area contributed by atoms with E-state index in [0.29, 0.717) is 12.0 Å². The Kier molecular flexibility index (Phi) is 7.16. The van der Waals surface area contributed by atoms with Crippen LogP contribution in [-0.4, -0.2) is 41.8 Å². The first-order valence-corrected chi connectivity index (χ1v) is 8.79. The molecule has 0 aliphatic carbocycles. The van der Waals surface area contributed by atoms with Crippen LogP contribution >= 0.6 is 11.6 Å². The Hall–Kier alpha value is -0.610. The van der Waals surface area contributed by atoms with Gasteiger partial charge in [0.05, 0.1) is 6.61 Å². The van der Waals surface area contributed by atoms with Crippen LogP contribution in [0, 0.1) is 5.92 Å². The molecule has 1 aromatic carbocycles. The van der Waals surface area contributed by atoms with E-state index in [9.17, 15) is 5.11 Å². The quantitative estimate of drug-likeness (QED) is 0.808. The van der Waals surface area contributed by atoms with Gasteiger partial charge in [-0.05, 0) is 49.9 Å². The predicted molar refractivity (Wildman–Crippen MR) is 93.2 cm³/mol. The fourth-order valence-electron chi connectivity index (χ4n) is 3.22. The van der Waals surface area contributed by atoms with Crippen LogP contribution in [0.3, 0.4) is 0 Å². The first kappa shape index (κ1) is 17.7. The molecule has 1 unspecified atom stereocenters. The minimum absolute atomic E-state index is 0.234. The van der Waals surface area contributed by atoms with Crippen LogP contribution in [0.25, 0.3) is 0 Å². The van der Waals surface area contributed by atoms with Gasteiger partial charge in [-0.1, -0.05) is 43.6 Å². The molecular formula is C18H29ClN2O. The Morgan fingerprint density at radius 1 is 1.27 bits per heavy atom. The molecule has 1 saturated heterocycles. The molecule has 2 rings (SSSR count). The maximum atomic E-state index is 9.50. The second-order valence-corrected chi connectivity index (χ2v) is 7.22. The molecular weight excluding hydrogens is 296 g/mol. The number of nitrogens with zero attached hydrogens (tertiary/aromatic N) is 1. The average Bonchev–Trinajstić information content (AvgIpc) is 2.50. The first-order valence-electron chi connectivity index (χ1n) is 8.41. The van der Waals surface area contributed by atoms with Crippen LogP contribution in [0.2, 0.25) is 5.02 Å². The Morgan fingerprint density at radius 2 is 1.95 bits per heavy atom. The number of benzene rings is 1. The van der Waals surface area contributed by atoms with E-state index in [0.717, 1.165) is 43.9 Å². The van der Waals surface area contributed by atoms with Crippen LogP contribution < -0.4 is 5.32 Å². The van der Waals surface area contributed by atoms with Gasteiger partial charge in [0.1, 0.15) is 0 Å². The van der Waals surface area contributed by atoms with Gasteiger partial charge in [0, 0.05) is 23.7 Å². The molecule has 1 aromatic rings. The number of aliphatic hydroxyl groups is 1. The summed E-state index contributed by atoms with van der Waals surface area (Å²) in [5.74, 6) is 0.616. The second kappa shape index (κ2) is 8.88. The number of hydrogen-bond acceptors (Lipinski definition) is 3. The summed E-state index contributed by atoms with van der Waals surface area (Å²) in [7, 11) is 0. The predicted octanol–water partition coefficient (Wildman–Crippen LogP) is 3.30. The van der Waals surface area contributed by atoms with Crippen molar-refractivity contribution in [3.8, 4) is 0 Å². The lowest BCUT2D eigenvalue weighted by atomic mass is 9.99. The number of hydrogen-bond donors (Lipinski definition) is 2. The number of piperidine rings is 1. The molecule has 1 heterocycles. The number of likely N-dealkylation sites (tertiary alicyclic amines) is 1. The zero-order valence-corrected chi connectivity index (χ0v) is 14.5. The average molecular weight is 325 g/mol. The lowest BCUT2D eigenvalue weighted by molar-refractivity contribution is 0.159. The monoisotopic (exact) mass is 324 g/mol. The highest BCUT2D eigenvalue weighted by Gasteiger charge is 2.22. The molecule has 2 N–H and O–H groups in total. The van der Waals surface area contributed by atoms with Crippen LogP contribution in [0.1, 0.15) is 38.7 Å². The normalized spacial score (nSPS) is 18.8. The standard InChI is InChI=1S/C18H29ClN2O/c1-14(2)11-17(13-22)20-16-7-9-21(10-8-16)12-15-5-3-4-6-18(15)19/h3-6,14,16-17,20,22H,7-13H2,1-2H3. The van der Waals surface area contributed by atoms with E-state index in [-0.39, 0.29) is 12.6 Å². The summed E-state index contributed by atoms with van der Waals surface area (Å²) in [6, 6.07) is 8.86. The molecule has 1 aliphatic heterocycles. The molecule has 124 valence electrons. The summed E-state index contributed by atoms with van der Waals surface area (Å²) in [6.07, 6.45) is 3.31. The Morgan fingerprint density at radius 3 is 2.55 bits per heavy atom. The van der Waals surface area contributed by atoms with Gasteiger partial charge in [-0.15, -0.1) is 0 Å². The van der Waals surface area contributed by atoms with Gasteiger partial charge in [0.2, 0.25) is 0 Å². The molecule has 0 spiro atoms. The van der Waals surface area contributed by atoms with Crippen LogP contribution in [0.5, 0.6) is 0 Å². The van der Waals surface area contributed by atoms with E-state index in [4.69, 9.17) is 11.6 Å². The SMILES string of the molecule is CC(C)CC(CO)NC1CCN(Cc2ccccc2Cl)CC1. The van der Waals surface area contributed by atoms with Gasteiger partial charge in [-0.25, -0.2) is 0 Å². The minimum Gasteiger partial charge on any atom is -0.395 e. The first-order chi connectivity index (χ1) is 10.6. The van der Waals surface area contributed by atoms with Gasteiger partial charge < -0.3 is 10.4 Å². The molecule has 22 heavy (non-hydrogen) atoms. The summed E-state index contributed by atoms with van der Waals surface area (Å²) >= 11 is 6.24. The van der Waals surface area contributed by atoms with E-state index >= 15 is 0 Å². The van der Waals surface area contributed by atoms with Gasteiger partial charge in [-0.2, -0.15) is 0 Å². The van der Waals surface area contributed by atoms with Crippen molar-refractivity contribution in [3.05, 3.63) is 34.9 Å². The van der Waals surface area contributed by atoms with Gasteiger partial charge in [0.25, 0.3) is 0 Å². The lowest BCUT2D eigenvalue weighted by Gasteiger charge is -2.34. The summed E-state index contributed by atoms with van der Waals surface area (Å²) in [4.78, 5) is 2.47. The van der Waals surface area contributed by atoms with Crippen molar-refractivity contribution in [2.24, 2.45) is 5.92 Å². The molecule has 3 nitrogen and oxygen atoms in total. The Balaban J connectivity index is 1.77. The topological polar surface area (TPSA) is 35.5 Å². The molecule has 0 bridgehead atoms. The minimum atomic E-state index is 0.234. The van der Waals surface area contributed by atoms with Crippen LogP contribution in [0.15, 0.2) is 24.3 Å². The lowest BCUT2D eigenvalue weighted by Crippen LogP contribution is -2.47. The number of rotatable bonds is 7. The van der Waals surface area contributed by atoms with E-state index in [1.165, 1.54) is 5.56 Å². The summed E-state index contributed by atoms with van der Waals surface area (Å²) in [5.41, 5.74) is 1.21. The van der Waals surface area contributed by atoms with E-state index in [1.807, 2.05) is 18.2 Å². The van der Waals surface area contributed by atoms with Crippen LogP contribution in [0.4, 0.5) is 0 Å². The highest BCUT2D eigenvalue weighted by Crippen LogP contribution is 2.20. The zero-order valence-electron chi connectivity index (χ0n) is 13.8. The smallest absolute Gasteiger partial charge is 0.0584 e. The molecule has 0 aromatic heterocycles. The largest absolute Gasteiger partial charge is 0.395 e. The molecule has 1 fully saturated rings.